The summed E-state index contributed by atoms with van der Waals surface area (Å²) in [4.78, 5) is 20.0. The molecule has 3 aromatic rings. The van der Waals surface area contributed by atoms with Crippen molar-refractivity contribution in [1.82, 2.24) is 9.97 Å². The molecule has 0 aliphatic heterocycles. The fourth-order valence-corrected chi connectivity index (χ4v) is 3.71. The van der Waals surface area contributed by atoms with Gasteiger partial charge in [-0.3, -0.25) is 10.1 Å². The van der Waals surface area contributed by atoms with E-state index in [1.165, 1.54) is 36.0 Å². The number of anilines is 2. The normalized spacial score (nSPS) is 10.7. The Balaban J connectivity index is 2.00. The third-order valence-electron chi connectivity index (χ3n) is 4.08. The van der Waals surface area contributed by atoms with E-state index in [4.69, 9.17) is 5.73 Å². The number of nitrogens with one attached hydrogen (secondary N) is 1. The molecule has 150 valence electrons. The molecule has 29 heavy (non-hydrogen) atoms. The number of hydrogen-bond donors (Lipinski definition) is 2. The van der Waals surface area contributed by atoms with E-state index in [-0.39, 0.29) is 17.5 Å². The summed E-state index contributed by atoms with van der Waals surface area (Å²) in [5.41, 5.74) is 7.81. The molecule has 3 rings (SSSR count). The summed E-state index contributed by atoms with van der Waals surface area (Å²) in [5.74, 6) is 0.725. The fourth-order valence-electron chi connectivity index (χ4n) is 2.74. The van der Waals surface area contributed by atoms with E-state index < -0.39 is 4.92 Å². The minimum atomic E-state index is -0.428. The number of rotatable bonds is 8. The molecule has 0 saturated carbocycles. The molecule has 1 heterocycles. The molecular weight excluding hydrogens is 393 g/mol. The van der Waals surface area contributed by atoms with Crippen LogP contribution in [0.15, 0.2) is 53.4 Å². The number of nitrogen functional groups attached to an aromatic ring is 1. The summed E-state index contributed by atoms with van der Waals surface area (Å²) in [6.07, 6.45) is 0.886. The SMILES string of the molecule is CCCNc1nc(N)nc(-c2cccc(F)c2)c1CSc1cccc([N+](=O)[O-])c1. The molecule has 0 unspecified atom stereocenters. The Labute approximate surface area is 171 Å². The average molecular weight is 413 g/mol. The second kappa shape index (κ2) is 9.33. The molecule has 9 heteroatoms. The predicted molar refractivity (Wildman–Crippen MR) is 113 cm³/mol. The van der Waals surface area contributed by atoms with E-state index in [1.807, 2.05) is 6.92 Å². The lowest BCUT2D eigenvalue weighted by molar-refractivity contribution is -0.385. The topological polar surface area (TPSA) is 107 Å². The number of hydrogen-bond acceptors (Lipinski definition) is 7. The van der Waals surface area contributed by atoms with Crippen molar-refractivity contribution < 1.29 is 9.31 Å². The number of nitrogens with two attached hydrogens (primary N) is 1. The molecule has 0 fully saturated rings. The lowest BCUT2D eigenvalue weighted by Crippen LogP contribution is -2.10. The van der Waals surface area contributed by atoms with E-state index in [0.29, 0.717) is 29.4 Å². The van der Waals surface area contributed by atoms with Crippen molar-refractivity contribution in [3.63, 3.8) is 0 Å². The van der Waals surface area contributed by atoms with Gasteiger partial charge in [0.1, 0.15) is 11.6 Å². The summed E-state index contributed by atoms with van der Waals surface area (Å²) in [5, 5.41) is 14.3. The minimum absolute atomic E-state index is 0.0261. The molecule has 1 aromatic heterocycles. The van der Waals surface area contributed by atoms with Crippen molar-refractivity contribution in [2.75, 3.05) is 17.6 Å². The van der Waals surface area contributed by atoms with Gasteiger partial charge >= 0.3 is 0 Å². The monoisotopic (exact) mass is 413 g/mol. The quantitative estimate of drug-likeness (QED) is 0.308. The second-order valence-electron chi connectivity index (χ2n) is 6.24. The van der Waals surface area contributed by atoms with Crippen LogP contribution in [-0.4, -0.2) is 21.4 Å². The summed E-state index contributed by atoms with van der Waals surface area (Å²) < 4.78 is 13.8. The van der Waals surface area contributed by atoms with Gasteiger partial charge in [-0.25, -0.2) is 9.37 Å². The van der Waals surface area contributed by atoms with Crippen molar-refractivity contribution in [3.8, 4) is 11.3 Å². The Morgan fingerprint density at radius 3 is 2.72 bits per heavy atom. The highest BCUT2D eigenvalue weighted by atomic mass is 32.2. The van der Waals surface area contributed by atoms with Crippen molar-refractivity contribution >= 4 is 29.2 Å². The van der Waals surface area contributed by atoms with E-state index in [1.54, 1.807) is 24.3 Å². The number of nitrogens with zero attached hydrogens (tertiary/aromatic N) is 3. The first-order valence-corrected chi connectivity index (χ1v) is 10.00. The van der Waals surface area contributed by atoms with Crippen LogP contribution < -0.4 is 11.1 Å². The molecule has 0 radical (unpaired) electrons. The molecular formula is C20H20FN5O2S. The Morgan fingerprint density at radius 1 is 1.21 bits per heavy atom. The lowest BCUT2D eigenvalue weighted by atomic mass is 10.1. The fraction of sp³-hybridized carbons (Fsp3) is 0.200. The molecule has 0 amide bonds. The van der Waals surface area contributed by atoms with Gasteiger partial charge in [-0.15, -0.1) is 11.8 Å². The maximum absolute atomic E-state index is 13.8. The standard InChI is InChI=1S/C20H20FN5O2S/c1-2-9-23-19-17(12-29-16-8-4-7-15(11-16)26(27)28)18(24-20(22)25-19)13-5-3-6-14(21)10-13/h3-8,10-11H,2,9,12H2,1H3,(H3,22,23,24,25). The van der Waals surface area contributed by atoms with Gasteiger partial charge in [0, 0.05) is 40.5 Å². The van der Waals surface area contributed by atoms with Crippen molar-refractivity contribution in [2.24, 2.45) is 0 Å². The van der Waals surface area contributed by atoms with Crippen molar-refractivity contribution in [1.29, 1.82) is 0 Å². The highest BCUT2D eigenvalue weighted by Crippen LogP contribution is 2.34. The maximum Gasteiger partial charge on any atom is 0.270 e. The number of halogens is 1. The van der Waals surface area contributed by atoms with Crippen LogP contribution in [0, 0.1) is 15.9 Å². The van der Waals surface area contributed by atoms with Gasteiger partial charge in [-0.1, -0.05) is 25.1 Å². The third-order valence-corrected chi connectivity index (χ3v) is 5.10. The molecule has 0 aliphatic carbocycles. The third kappa shape index (κ3) is 5.20. The van der Waals surface area contributed by atoms with Crippen LogP contribution >= 0.6 is 11.8 Å². The van der Waals surface area contributed by atoms with Gasteiger partial charge in [0.25, 0.3) is 5.69 Å². The van der Waals surface area contributed by atoms with Crippen LogP contribution in [0.2, 0.25) is 0 Å². The number of nitro benzene ring substituents is 1. The van der Waals surface area contributed by atoms with E-state index >= 15 is 0 Å². The average Bonchev–Trinajstić information content (AvgIpc) is 2.71. The Hall–Kier alpha value is -3.20. The number of benzene rings is 2. The van der Waals surface area contributed by atoms with Crippen LogP contribution in [-0.2, 0) is 5.75 Å². The highest BCUT2D eigenvalue weighted by Gasteiger charge is 2.17. The van der Waals surface area contributed by atoms with E-state index in [9.17, 15) is 14.5 Å². The largest absolute Gasteiger partial charge is 0.370 e. The molecule has 0 bridgehead atoms. The van der Waals surface area contributed by atoms with Crippen LogP contribution in [0.4, 0.5) is 21.8 Å². The molecule has 3 N–H and O–H groups in total. The first kappa shape index (κ1) is 20.5. The first-order chi connectivity index (χ1) is 14.0. The molecule has 7 nitrogen and oxygen atoms in total. The van der Waals surface area contributed by atoms with Crippen molar-refractivity contribution in [3.05, 3.63) is 70.0 Å². The molecule has 0 spiro atoms. The highest BCUT2D eigenvalue weighted by molar-refractivity contribution is 7.98. The number of aromatic nitrogens is 2. The van der Waals surface area contributed by atoms with Gasteiger partial charge in [-0.05, 0) is 24.6 Å². The van der Waals surface area contributed by atoms with E-state index in [2.05, 4.69) is 15.3 Å². The number of non-ortho nitro benzene ring substituents is 1. The second-order valence-corrected chi connectivity index (χ2v) is 7.29. The maximum atomic E-state index is 13.8. The number of thioether (sulfide) groups is 1. The first-order valence-electron chi connectivity index (χ1n) is 9.01. The van der Waals surface area contributed by atoms with Gasteiger partial charge in [0.15, 0.2) is 0 Å². The minimum Gasteiger partial charge on any atom is -0.370 e. The van der Waals surface area contributed by atoms with Gasteiger partial charge in [-0.2, -0.15) is 4.98 Å². The Kier molecular flexibility index (Phi) is 6.61. The number of nitro groups is 1. The summed E-state index contributed by atoms with van der Waals surface area (Å²) >= 11 is 1.41. The summed E-state index contributed by atoms with van der Waals surface area (Å²) in [7, 11) is 0. The van der Waals surface area contributed by atoms with Gasteiger partial charge in [0.2, 0.25) is 5.95 Å². The van der Waals surface area contributed by atoms with Gasteiger partial charge in [0.05, 0.1) is 10.6 Å². The molecule has 0 atom stereocenters. The lowest BCUT2D eigenvalue weighted by Gasteiger charge is -2.15. The van der Waals surface area contributed by atoms with E-state index in [0.717, 1.165) is 16.9 Å². The molecule has 0 aliphatic rings. The molecule has 0 saturated heterocycles. The summed E-state index contributed by atoms with van der Waals surface area (Å²) in [6, 6.07) is 12.5. The van der Waals surface area contributed by atoms with Gasteiger partial charge < -0.3 is 11.1 Å². The van der Waals surface area contributed by atoms with Crippen molar-refractivity contribution in [2.45, 2.75) is 24.0 Å². The zero-order valence-corrected chi connectivity index (χ0v) is 16.6. The zero-order valence-electron chi connectivity index (χ0n) is 15.8. The smallest absolute Gasteiger partial charge is 0.270 e. The summed E-state index contributed by atoms with van der Waals surface area (Å²) in [6.45, 7) is 2.72. The Bertz CT molecular complexity index is 1030. The van der Waals surface area contributed by atoms with Crippen LogP contribution in [0.1, 0.15) is 18.9 Å². The molecule has 2 aromatic carbocycles. The predicted octanol–water partition coefficient (Wildman–Crippen LogP) is 4.89. The zero-order chi connectivity index (χ0) is 20.8. The Morgan fingerprint density at radius 2 is 2.00 bits per heavy atom. The van der Waals surface area contributed by atoms with Crippen LogP contribution in [0.3, 0.4) is 0 Å². The van der Waals surface area contributed by atoms with Crippen LogP contribution in [0.25, 0.3) is 11.3 Å². The van der Waals surface area contributed by atoms with Crippen LogP contribution in [0.5, 0.6) is 0 Å².